The average Bonchev–Trinajstić information content (AvgIpc) is 2.67. The predicted octanol–water partition coefficient (Wildman–Crippen LogP) is 3.75. The van der Waals surface area contributed by atoms with Crippen LogP contribution < -0.4 is 20.7 Å². The van der Waals surface area contributed by atoms with Crippen LogP contribution in [-0.4, -0.2) is 38.7 Å². The molecule has 2 amide bonds. The van der Waals surface area contributed by atoms with E-state index in [4.69, 9.17) is 9.47 Å². The Balaban J connectivity index is 1.83. The fraction of sp³-hybridized carbons (Fsp3) is 0.364. The molecule has 0 fully saturated rings. The summed E-state index contributed by atoms with van der Waals surface area (Å²) in [5.41, 5.74) is 1.63. The molecule has 0 radical (unpaired) electrons. The summed E-state index contributed by atoms with van der Waals surface area (Å²) < 4.78 is 10.4. The maximum atomic E-state index is 12.2. The zero-order valence-electron chi connectivity index (χ0n) is 17.4. The minimum absolute atomic E-state index is 0.0676. The Morgan fingerprint density at radius 2 is 1.59 bits per heavy atom. The van der Waals surface area contributed by atoms with E-state index in [2.05, 4.69) is 16.0 Å². The minimum Gasteiger partial charge on any atom is -0.491 e. The van der Waals surface area contributed by atoms with Crippen molar-refractivity contribution in [1.29, 1.82) is 0 Å². The first kappa shape index (κ1) is 22.2. The summed E-state index contributed by atoms with van der Waals surface area (Å²) in [7, 11) is 1.62. The van der Waals surface area contributed by atoms with Gasteiger partial charge in [-0.2, -0.15) is 0 Å². The number of methoxy groups -OCH3 is 1. The summed E-state index contributed by atoms with van der Waals surface area (Å²) in [4.78, 5) is 24.3. The van der Waals surface area contributed by atoms with E-state index in [0.717, 1.165) is 5.69 Å². The molecular weight excluding hydrogens is 370 g/mol. The van der Waals surface area contributed by atoms with Crippen LogP contribution in [0.1, 0.15) is 20.8 Å². The van der Waals surface area contributed by atoms with E-state index in [0.29, 0.717) is 30.3 Å². The smallest absolute Gasteiger partial charge is 0.243 e. The second-order valence-electron chi connectivity index (χ2n) is 7.55. The topological polar surface area (TPSA) is 88.7 Å². The second kappa shape index (κ2) is 10.5. The van der Waals surface area contributed by atoms with Crippen molar-refractivity contribution in [2.45, 2.75) is 20.8 Å². The van der Waals surface area contributed by atoms with Crippen molar-refractivity contribution in [3.05, 3.63) is 48.5 Å². The van der Waals surface area contributed by atoms with Crippen LogP contribution >= 0.6 is 0 Å². The SMILES string of the molecule is COCCOc1ccc(NC(=O)CNc2cccc(NC(=O)C(C)(C)C)c2)cc1. The first-order valence-corrected chi connectivity index (χ1v) is 9.45. The molecule has 2 aromatic rings. The van der Waals surface area contributed by atoms with E-state index in [1.54, 1.807) is 37.4 Å². The number of ether oxygens (including phenoxy) is 2. The average molecular weight is 399 g/mol. The molecule has 0 saturated carbocycles. The Kier molecular flexibility index (Phi) is 8.03. The van der Waals surface area contributed by atoms with Gasteiger partial charge in [0, 0.05) is 29.6 Å². The fourth-order valence-electron chi connectivity index (χ4n) is 2.29. The molecule has 0 aromatic heterocycles. The van der Waals surface area contributed by atoms with Gasteiger partial charge in [0.25, 0.3) is 0 Å². The highest BCUT2D eigenvalue weighted by molar-refractivity contribution is 5.95. The lowest BCUT2D eigenvalue weighted by Crippen LogP contribution is -2.27. The lowest BCUT2D eigenvalue weighted by atomic mass is 9.95. The molecule has 29 heavy (non-hydrogen) atoms. The van der Waals surface area contributed by atoms with Gasteiger partial charge in [-0.1, -0.05) is 26.8 Å². The third kappa shape index (κ3) is 7.83. The van der Waals surface area contributed by atoms with Crippen molar-refractivity contribution >= 4 is 28.9 Å². The number of carbonyl (C=O) groups excluding carboxylic acids is 2. The van der Waals surface area contributed by atoms with Crippen molar-refractivity contribution in [1.82, 2.24) is 0 Å². The lowest BCUT2D eigenvalue weighted by Gasteiger charge is -2.18. The van der Waals surface area contributed by atoms with Gasteiger partial charge in [-0.05, 0) is 42.5 Å². The number of nitrogens with one attached hydrogen (secondary N) is 3. The molecule has 0 spiro atoms. The number of anilines is 3. The monoisotopic (exact) mass is 399 g/mol. The highest BCUT2D eigenvalue weighted by atomic mass is 16.5. The van der Waals surface area contributed by atoms with Gasteiger partial charge in [-0.3, -0.25) is 9.59 Å². The molecule has 0 bridgehead atoms. The molecule has 2 rings (SSSR count). The summed E-state index contributed by atoms with van der Waals surface area (Å²) >= 11 is 0. The molecule has 0 unspecified atom stereocenters. The van der Waals surface area contributed by atoms with Crippen molar-refractivity contribution in [3.63, 3.8) is 0 Å². The first-order chi connectivity index (χ1) is 13.8. The molecule has 0 aliphatic rings. The standard InChI is InChI=1S/C22H29N3O4/c1-22(2,3)21(27)25-18-7-5-6-17(14-18)23-15-20(26)24-16-8-10-19(11-9-16)29-13-12-28-4/h5-11,14,23H,12-13,15H2,1-4H3,(H,24,26)(H,25,27). The molecule has 7 heteroatoms. The maximum absolute atomic E-state index is 12.2. The van der Waals surface area contributed by atoms with E-state index >= 15 is 0 Å². The largest absolute Gasteiger partial charge is 0.491 e. The Morgan fingerprint density at radius 1 is 0.897 bits per heavy atom. The molecule has 0 atom stereocenters. The van der Waals surface area contributed by atoms with Gasteiger partial charge in [-0.25, -0.2) is 0 Å². The van der Waals surface area contributed by atoms with Gasteiger partial charge in [0.2, 0.25) is 11.8 Å². The van der Waals surface area contributed by atoms with Crippen LogP contribution in [0.4, 0.5) is 17.1 Å². The van der Waals surface area contributed by atoms with Crippen LogP contribution in [0, 0.1) is 5.41 Å². The molecule has 2 aromatic carbocycles. The quantitative estimate of drug-likeness (QED) is 0.559. The summed E-state index contributed by atoms with van der Waals surface area (Å²) in [6.07, 6.45) is 0. The lowest BCUT2D eigenvalue weighted by molar-refractivity contribution is -0.123. The zero-order valence-corrected chi connectivity index (χ0v) is 17.4. The van der Waals surface area contributed by atoms with Crippen LogP contribution in [0.2, 0.25) is 0 Å². The van der Waals surface area contributed by atoms with Gasteiger partial charge in [0.1, 0.15) is 12.4 Å². The molecule has 0 heterocycles. The summed E-state index contributed by atoms with van der Waals surface area (Å²) in [5, 5.41) is 8.76. The van der Waals surface area contributed by atoms with Gasteiger partial charge in [0.15, 0.2) is 0 Å². The van der Waals surface area contributed by atoms with Crippen LogP contribution in [0.15, 0.2) is 48.5 Å². The van der Waals surface area contributed by atoms with E-state index < -0.39 is 5.41 Å². The van der Waals surface area contributed by atoms with Gasteiger partial charge >= 0.3 is 0 Å². The zero-order chi connectivity index (χ0) is 21.3. The first-order valence-electron chi connectivity index (χ1n) is 9.45. The van der Waals surface area contributed by atoms with E-state index in [9.17, 15) is 9.59 Å². The minimum atomic E-state index is -0.478. The van der Waals surface area contributed by atoms with Gasteiger partial charge < -0.3 is 25.4 Å². The summed E-state index contributed by atoms with van der Waals surface area (Å²) in [6.45, 7) is 6.66. The van der Waals surface area contributed by atoms with Gasteiger partial charge in [-0.15, -0.1) is 0 Å². The Morgan fingerprint density at radius 3 is 2.24 bits per heavy atom. The van der Waals surface area contributed by atoms with Crippen LogP contribution in [0.3, 0.4) is 0 Å². The molecular formula is C22H29N3O4. The number of hydrogen-bond acceptors (Lipinski definition) is 5. The van der Waals surface area contributed by atoms with Crippen molar-refractivity contribution in [3.8, 4) is 5.75 Å². The van der Waals surface area contributed by atoms with E-state index in [-0.39, 0.29) is 18.4 Å². The highest BCUT2D eigenvalue weighted by Gasteiger charge is 2.21. The molecule has 0 aliphatic carbocycles. The molecule has 3 N–H and O–H groups in total. The van der Waals surface area contributed by atoms with Crippen LogP contribution in [0.5, 0.6) is 5.75 Å². The second-order valence-corrected chi connectivity index (χ2v) is 7.55. The molecule has 7 nitrogen and oxygen atoms in total. The van der Waals surface area contributed by atoms with Crippen molar-refractivity contribution < 1.29 is 19.1 Å². The number of benzene rings is 2. The molecule has 156 valence electrons. The van der Waals surface area contributed by atoms with Crippen LogP contribution in [-0.2, 0) is 14.3 Å². The summed E-state index contributed by atoms with van der Waals surface area (Å²) in [5.74, 6) is 0.469. The summed E-state index contributed by atoms with van der Waals surface area (Å²) in [6, 6.07) is 14.4. The fourth-order valence-corrected chi connectivity index (χ4v) is 2.29. The number of rotatable bonds is 9. The third-order valence-corrected chi connectivity index (χ3v) is 3.95. The van der Waals surface area contributed by atoms with Crippen molar-refractivity contribution in [2.24, 2.45) is 5.41 Å². The number of amides is 2. The molecule has 0 saturated heterocycles. The number of hydrogen-bond donors (Lipinski definition) is 3. The van der Waals surface area contributed by atoms with Crippen LogP contribution in [0.25, 0.3) is 0 Å². The van der Waals surface area contributed by atoms with Crippen molar-refractivity contribution in [2.75, 3.05) is 42.8 Å². The Bertz CT molecular complexity index is 814. The highest BCUT2D eigenvalue weighted by Crippen LogP contribution is 2.20. The van der Waals surface area contributed by atoms with E-state index in [1.807, 2.05) is 39.0 Å². The normalized spacial score (nSPS) is 10.9. The predicted molar refractivity (Wildman–Crippen MR) is 115 cm³/mol. The Hall–Kier alpha value is -3.06. The number of carbonyl (C=O) groups is 2. The van der Waals surface area contributed by atoms with Gasteiger partial charge in [0.05, 0.1) is 13.2 Å². The molecule has 0 aliphatic heterocycles. The van der Waals surface area contributed by atoms with E-state index in [1.165, 1.54) is 0 Å². The maximum Gasteiger partial charge on any atom is 0.243 e. The third-order valence-electron chi connectivity index (χ3n) is 3.95. The Labute approximate surface area is 171 Å².